The number of likely N-dealkylation sites (tertiary alicyclic amines) is 1. The van der Waals surface area contributed by atoms with E-state index >= 15 is 0 Å². The molecule has 126 valence electrons. The van der Waals surface area contributed by atoms with Crippen LogP contribution in [-0.4, -0.2) is 53.1 Å². The van der Waals surface area contributed by atoms with Crippen LogP contribution in [0.5, 0.6) is 5.88 Å². The molecule has 0 spiro atoms. The van der Waals surface area contributed by atoms with E-state index in [9.17, 15) is 4.79 Å². The number of fused-ring (bicyclic) bond motifs is 1. The van der Waals surface area contributed by atoms with Crippen LogP contribution in [0, 0.1) is 6.92 Å². The molecule has 0 aliphatic carbocycles. The van der Waals surface area contributed by atoms with Crippen LogP contribution in [0.1, 0.15) is 29.0 Å². The Hall–Kier alpha value is -2.57. The summed E-state index contributed by atoms with van der Waals surface area (Å²) < 4.78 is 10.5. The molecule has 4 heterocycles. The molecule has 7 heteroatoms. The number of carbonyl (C=O) groups excluding carboxylic acids is 1. The Bertz CT molecular complexity index is 760. The first-order valence-electron chi connectivity index (χ1n) is 8.17. The van der Waals surface area contributed by atoms with Crippen molar-refractivity contribution >= 4 is 11.7 Å². The van der Waals surface area contributed by atoms with Gasteiger partial charge in [-0.15, -0.1) is 0 Å². The minimum Gasteiger partial charge on any atom is -0.481 e. The van der Waals surface area contributed by atoms with E-state index in [0.717, 1.165) is 31.7 Å². The number of aryl methyl sites for hydroxylation is 1. The van der Waals surface area contributed by atoms with E-state index in [4.69, 9.17) is 9.15 Å². The topological polar surface area (TPSA) is 71.7 Å². The first-order valence-corrected chi connectivity index (χ1v) is 8.17. The van der Waals surface area contributed by atoms with Crippen LogP contribution in [0.2, 0.25) is 0 Å². The summed E-state index contributed by atoms with van der Waals surface area (Å²) in [6.45, 7) is 3.47. The number of methoxy groups -OCH3 is 1. The average molecular weight is 328 g/mol. The van der Waals surface area contributed by atoms with Gasteiger partial charge in [0.2, 0.25) is 5.88 Å². The van der Waals surface area contributed by atoms with Crippen LogP contribution in [0.3, 0.4) is 0 Å². The van der Waals surface area contributed by atoms with Crippen LogP contribution < -0.4 is 9.64 Å². The van der Waals surface area contributed by atoms with Gasteiger partial charge in [-0.2, -0.15) is 0 Å². The number of carbonyl (C=O) groups is 1. The third-order valence-electron chi connectivity index (χ3n) is 5.06. The number of hydrogen-bond donors (Lipinski definition) is 0. The summed E-state index contributed by atoms with van der Waals surface area (Å²) in [5.74, 6) is 2.17. The summed E-state index contributed by atoms with van der Waals surface area (Å²) in [7, 11) is 1.60. The SMILES string of the molecule is COc1cc(N2CC[C@@H]3[C@@H]2CCN3C(=O)c2ccoc2C)ncn1. The fourth-order valence-corrected chi connectivity index (χ4v) is 3.88. The molecule has 4 rings (SSSR count). The molecule has 2 atom stereocenters. The lowest BCUT2D eigenvalue weighted by molar-refractivity contribution is 0.0736. The van der Waals surface area contributed by atoms with Crippen LogP contribution in [-0.2, 0) is 0 Å². The smallest absolute Gasteiger partial charge is 0.257 e. The van der Waals surface area contributed by atoms with Crippen LogP contribution in [0.4, 0.5) is 5.82 Å². The molecule has 2 aromatic rings. The number of rotatable bonds is 3. The zero-order valence-electron chi connectivity index (χ0n) is 13.8. The van der Waals surface area contributed by atoms with Gasteiger partial charge in [-0.3, -0.25) is 4.79 Å². The van der Waals surface area contributed by atoms with Crippen molar-refractivity contribution in [2.75, 3.05) is 25.1 Å². The molecule has 0 unspecified atom stereocenters. The molecule has 2 aliphatic heterocycles. The maximum absolute atomic E-state index is 12.8. The van der Waals surface area contributed by atoms with Crippen molar-refractivity contribution in [2.45, 2.75) is 31.8 Å². The van der Waals surface area contributed by atoms with Crippen molar-refractivity contribution in [3.63, 3.8) is 0 Å². The summed E-state index contributed by atoms with van der Waals surface area (Å²) in [6.07, 6.45) is 4.98. The summed E-state index contributed by atoms with van der Waals surface area (Å²) in [5, 5.41) is 0. The Kier molecular flexibility index (Phi) is 3.63. The van der Waals surface area contributed by atoms with Crippen LogP contribution >= 0.6 is 0 Å². The van der Waals surface area contributed by atoms with E-state index in [1.165, 1.54) is 6.33 Å². The van der Waals surface area contributed by atoms with Crippen LogP contribution in [0.15, 0.2) is 29.1 Å². The molecule has 2 aliphatic rings. The molecule has 2 aromatic heterocycles. The van der Waals surface area contributed by atoms with Gasteiger partial charge in [0.25, 0.3) is 5.91 Å². The third-order valence-corrected chi connectivity index (χ3v) is 5.06. The van der Waals surface area contributed by atoms with Gasteiger partial charge in [0, 0.05) is 19.2 Å². The van der Waals surface area contributed by atoms with Gasteiger partial charge in [0.05, 0.1) is 31.0 Å². The second-order valence-corrected chi connectivity index (χ2v) is 6.21. The molecule has 0 radical (unpaired) electrons. The largest absolute Gasteiger partial charge is 0.481 e. The maximum Gasteiger partial charge on any atom is 0.257 e. The molecule has 2 saturated heterocycles. The number of ether oxygens (including phenoxy) is 1. The molecule has 2 fully saturated rings. The highest BCUT2D eigenvalue weighted by Crippen LogP contribution is 2.35. The fourth-order valence-electron chi connectivity index (χ4n) is 3.88. The lowest BCUT2D eigenvalue weighted by Crippen LogP contribution is -2.40. The van der Waals surface area contributed by atoms with E-state index < -0.39 is 0 Å². The van der Waals surface area contributed by atoms with Crippen molar-refractivity contribution in [2.24, 2.45) is 0 Å². The van der Waals surface area contributed by atoms with Gasteiger partial charge in [-0.25, -0.2) is 9.97 Å². The van der Waals surface area contributed by atoms with E-state index in [-0.39, 0.29) is 11.9 Å². The highest BCUT2D eigenvalue weighted by atomic mass is 16.5. The number of hydrogen-bond acceptors (Lipinski definition) is 6. The Morgan fingerprint density at radius 2 is 2.12 bits per heavy atom. The zero-order chi connectivity index (χ0) is 16.7. The van der Waals surface area contributed by atoms with Crippen LogP contribution in [0.25, 0.3) is 0 Å². The van der Waals surface area contributed by atoms with Crippen molar-refractivity contribution in [1.29, 1.82) is 0 Å². The Labute approximate surface area is 140 Å². The molecule has 24 heavy (non-hydrogen) atoms. The number of aromatic nitrogens is 2. The predicted molar refractivity (Wildman–Crippen MR) is 87.2 cm³/mol. The predicted octanol–water partition coefficient (Wildman–Crippen LogP) is 1.88. The van der Waals surface area contributed by atoms with E-state index in [0.29, 0.717) is 23.2 Å². The second kappa shape index (κ2) is 5.81. The summed E-state index contributed by atoms with van der Waals surface area (Å²) >= 11 is 0. The Morgan fingerprint density at radius 1 is 1.29 bits per heavy atom. The maximum atomic E-state index is 12.8. The number of furan rings is 1. The standard InChI is InChI=1S/C17H20N4O3/c1-11-12(5-8-24-11)17(22)21-7-4-13-14(21)3-6-20(13)15-9-16(23-2)19-10-18-15/h5,8-10,13-14H,3-4,6-7H2,1-2H3/t13-,14+/m0/s1. The molecular weight excluding hydrogens is 308 g/mol. The number of nitrogens with zero attached hydrogens (tertiary/aromatic N) is 4. The average Bonchev–Trinajstić information content (AvgIpc) is 3.30. The highest BCUT2D eigenvalue weighted by Gasteiger charge is 2.45. The van der Waals surface area contributed by atoms with Crippen molar-refractivity contribution in [3.8, 4) is 5.88 Å². The molecule has 0 N–H and O–H groups in total. The lowest BCUT2D eigenvalue weighted by atomic mass is 10.1. The van der Waals surface area contributed by atoms with Crippen molar-refractivity contribution < 1.29 is 13.9 Å². The quantitative estimate of drug-likeness (QED) is 0.857. The summed E-state index contributed by atoms with van der Waals surface area (Å²) in [6, 6.07) is 4.12. The fraction of sp³-hybridized carbons (Fsp3) is 0.471. The molecule has 0 bridgehead atoms. The Morgan fingerprint density at radius 3 is 2.88 bits per heavy atom. The third kappa shape index (κ3) is 2.31. The van der Waals surface area contributed by atoms with Gasteiger partial charge in [0.15, 0.2) is 0 Å². The van der Waals surface area contributed by atoms with Gasteiger partial charge < -0.3 is 19.0 Å². The normalized spacial score (nSPS) is 22.8. The molecule has 0 aromatic carbocycles. The van der Waals surface area contributed by atoms with Crippen molar-refractivity contribution in [1.82, 2.24) is 14.9 Å². The minimum atomic E-state index is 0.0656. The van der Waals surface area contributed by atoms with Crippen molar-refractivity contribution in [3.05, 3.63) is 36.0 Å². The summed E-state index contributed by atoms with van der Waals surface area (Å²) in [4.78, 5) is 25.5. The molecule has 7 nitrogen and oxygen atoms in total. The first-order chi connectivity index (χ1) is 11.7. The Balaban J connectivity index is 1.55. The zero-order valence-corrected chi connectivity index (χ0v) is 13.8. The molecule has 0 saturated carbocycles. The molecular formula is C17H20N4O3. The van der Waals surface area contributed by atoms with Gasteiger partial charge >= 0.3 is 0 Å². The van der Waals surface area contributed by atoms with E-state index in [2.05, 4.69) is 14.9 Å². The monoisotopic (exact) mass is 328 g/mol. The van der Waals surface area contributed by atoms with Gasteiger partial charge in [-0.1, -0.05) is 0 Å². The highest BCUT2D eigenvalue weighted by molar-refractivity contribution is 5.95. The van der Waals surface area contributed by atoms with E-state index in [1.807, 2.05) is 17.9 Å². The van der Waals surface area contributed by atoms with Gasteiger partial charge in [-0.05, 0) is 25.8 Å². The molecule has 1 amide bonds. The number of amides is 1. The van der Waals surface area contributed by atoms with Gasteiger partial charge in [0.1, 0.15) is 17.9 Å². The number of anilines is 1. The summed E-state index contributed by atoms with van der Waals surface area (Å²) in [5.41, 5.74) is 0.665. The van der Waals surface area contributed by atoms with E-state index in [1.54, 1.807) is 19.4 Å². The lowest BCUT2D eigenvalue weighted by Gasteiger charge is -2.26. The second-order valence-electron chi connectivity index (χ2n) is 6.21. The first kappa shape index (κ1) is 15.0. The minimum absolute atomic E-state index is 0.0656.